The number of hydrogen-bond donors (Lipinski definition) is 1. The van der Waals surface area contributed by atoms with Crippen LogP contribution in [-0.2, 0) is 4.74 Å². The van der Waals surface area contributed by atoms with Crippen molar-refractivity contribution in [1.29, 1.82) is 0 Å². The van der Waals surface area contributed by atoms with Crippen LogP contribution in [0.5, 0.6) is 5.75 Å². The van der Waals surface area contributed by atoms with E-state index in [1.165, 1.54) is 12.1 Å². The molecule has 0 unspecified atom stereocenters. The van der Waals surface area contributed by atoms with E-state index in [1.54, 1.807) is 11.0 Å². The minimum absolute atomic E-state index is 0.0287. The molecule has 1 atom stereocenters. The van der Waals surface area contributed by atoms with E-state index in [9.17, 15) is 9.18 Å². The van der Waals surface area contributed by atoms with Gasteiger partial charge in [-0.3, -0.25) is 0 Å². The summed E-state index contributed by atoms with van der Waals surface area (Å²) in [6, 6.07) is 4.17. The third-order valence-electron chi connectivity index (χ3n) is 3.73. The molecule has 1 N–H and O–H groups in total. The van der Waals surface area contributed by atoms with Crippen molar-refractivity contribution in [3.63, 3.8) is 0 Å². The van der Waals surface area contributed by atoms with Crippen molar-refractivity contribution >= 4 is 11.7 Å². The maximum atomic E-state index is 14.1. The van der Waals surface area contributed by atoms with Gasteiger partial charge in [0, 0.05) is 31.7 Å². The second kappa shape index (κ2) is 8.15. The van der Waals surface area contributed by atoms with Gasteiger partial charge in [-0.2, -0.15) is 0 Å². The number of urea groups is 1. The fraction of sp³-hybridized carbons (Fsp3) is 0.588. The van der Waals surface area contributed by atoms with Crippen molar-refractivity contribution in [1.82, 2.24) is 4.90 Å². The van der Waals surface area contributed by atoms with Crippen LogP contribution in [0, 0.1) is 11.7 Å². The number of ether oxygens (including phenoxy) is 2. The molecule has 1 saturated heterocycles. The highest BCUT2D eigenvalue weighted by Crippen LogP contribution is 2.22. The Kier molecular flexibility index (Phi) is 6.21. The minimum atomic E-state index is -0.503. The monoisotopic (exact) mass is 324 g/mol. The van der Waals surface area contributed by atoms with E-state index in [0.717, 1.165) is 13.0 Å². The molecule has 0 radical (unpaired) electrons. The van der Waals surface area contributed by atoms with E-state index >= 15 is 0 Å². The summed E-state index contributed by atoms with van der Waals surface area (Å²) < 4.78 is 24.9. The molecule has 1 aliphatic heterocycles. The van der Waals surface area contributed by atoms with Gasteiger partial charge in [-0.05, 0) is 39.3 Å². The minimum Gasteiger partial charge on any atom is -0.491 e. The lowest BCUT2D eigenvalue weighted by molar-refractivity contribution is 0.171. The van der Waals surface area contributed by atoms with Crippen LogP contribution in [0.25, 0.3) is 0 Å². The Morgan fingerprint density at radius 3 is 2.87 bits per heavy atom. The van der Waals surface area contributed by atoms with Gasteiger partial charge >= 0.3 is 6.03 Å². The van der Waals surface area contributed by atoms with Crippen molar-refractivity contribution in [2.24, 2.45) is 5.92 Å². The molecule has 0 bridgehead atoms. The van der Waals surface area contributed by atoms with Gasteiger partial charge in [-0.25, -0.2) is 9.18 Å². The fourth-order valence-electron chi connectivity index (χ4n) is 2.53. The first kappa shape index (κ1) is 17.5. The number of hydrogen-bond acceptors (Lipinski definition) is 3. The van der Waals surface area contributed by atoms with Crippen LogP contribution in [0.1, 0.15) is 27.2 Å². The second-order valence-electron chi connectivity index (χ2n) is 6.01. The van der Waals surface area contributed by atoms with E-state index in [4.69, 9.17) is 9.47 Å². The van der Waals surface area contributed by atoms with Crippen molar-refractivity contribution in [3.05, 3.63) is 24.0 Å². The number of amides is 2. The highest BCUT2D eigenvalue weighted by atomic mass is 19.1. The lowest BCUT2D eigenvalue weighted by Gasteiger charge is -2.24. The number of rotatable bonds is 6. The first-order chi connectivity index (χ1) is 11.0. The SMILES string of the molecule is CCN(C[C@H]1CCOC1)C(=O)Nc1ccc(OC(C)C)cc1F. The Balaban J connectivity index is 1.97. The molecule has 1 aromatic rings. The fourth-order valence-corrected chi connectivity index (χ4v) is 2.53. The first-order valence-corrected chi connectivity index (χ1v) is 8.09. The van der Waals surface area contributed by atoms with E-state index in [2.05, 4.69) is 5.32 Å². The molecular formula is C17H25FN2O3. The van der Waals surface area contributed by atoms with Gasteiger partial charge in [0.1, 0.15) is 11.6 Å². The number of nitrogens with zero attached hydrogens (tertiary/aromatic N) is 1. The summed E-state index contributed by atoms with van der Waals surface area (Å²) >= 11 is 0. The topological polar surface area (TPSA) is 50.8 Å². The summed E-state index contributed by atoms with van der Waals surface area (Å²) in [7, 11) is 0. The average molecular weight is 324 g/mol. The molecule has 5 nitrogen and oxygen atoms in total. The lowest BCUT2D eigenvalue weighted by Crippen LogP contribution is -2.38. The van der Waals surface area contributed by atoms with Crippen molar-refractivity contribution < 1.29 is 18.7 Å². The summed E-state index contributed by atoms with van der Waals surface area (Å²) in [5, 5.41) is 2.63. The van der Waals surface area contributed by atoms with E-state index in [0.29, 0.717) is 31.4 Å². The number of anilines is 1. The van der Waals surface area contributed by atoms with Crippen molar-refractivity contribution in [2.75, 3.05) is 31.6 Å². The molecule has 0 saturated carbocycles. The maximum Gasteiger partial charge on any atom is 0.321 e. The highest BCUT2D eigenvalue weighted by Gasteiger charge is 2.22. The average Bonchev–Trinajstić information content (AvgIpc) is 3.00. The quantitative estimate of drug-likeness (QED) is 0.871. The highest BCUT2D eigenvalue weighted by molar-refractivity contribution is 5.89. The number of nitrogens with one attached hydrogen (secondary N) is 1. The number of carbonyl (C=O) groups excluding carboxylic acids is 1. The van der Waals surface area contributed by atoms with Crippen molar-refractivity contribution in [3.8, 4) is 5.75 Å². The second-order valence-corrected chi connectivity index (χ2v) is 6.01. The largest absolute Gasteiger partial charge is 0.491 e. The van der Waals surface area contributed by atoms with Crippen LogP contribution >= 0.6 is 0 Å². The van der Waals surface area contributed by atoms with Crippen LogP contribution in [0.3, 0.4) is 0 Å². The van der Waals surface area contributed by atoms with Crippen LogP contribution in [0.15, 0.2) is 18.2 Å². The summed E-state index contributed by atoms with van der Waals surface area (Å²) in [6.45, 7) is 8.27. The van der Waals surface area contributed by atoms with Crippen LogP contribution in [0.4, 0.5) is 14.9 Å². The molecule has 2 amide bonds. The first-order valence-electron chi connectivity index (χ1n) is 8.09. The molecule has 0 aliphatic carbocycles. The Morgan fingerprint density at radius 1 is 1.52 bits per heavy atom. The third kappa shape index (κ3) is 5.10. The molecule has 23 heavy (non-hydrogen) atoms. The van der Waals surface area contributed by atoms with Gasteiger partial charge < -0.3 is 19.7 Å². The van der Waals surface area contributed by atoms with E-state index < -0.39 is 5.82 Å². The lowest BCUT2D eigenvalue weighted by atomic mass is 10.1. The van der Waals surface area contributed by atoms with E-state index in [1.807, 2.05) is 20.8 Å². The molecule has 128 valence electrons. The zero-order valence-corrected chi connectivity index (χ0v) is 14.0. The zero-order chi connectivity index (χ0) is 16.8. The molecule has 1 aliphatic rings. The predicted molar refractivity (Wildman–Crippen MR) is 87.4 cm³/mol. The number of halogens is 1. The molecule has 6 heteroatoms. The standard InChI is InChI=1S/C17H25FN2O3/c1-4-20(10-13-7-8-22-11-13)17(21)19-16-6-5-14(9-15(16)18)23-12(2)3/h5-6,9,12-13H,4,7-8,10-11H2,1-3H3,(H,19,21)/t13-/m1/s1. The van der Waals surface area contributed by atoms with Crippen LogP contribution < -0.4 is 10.1 Å². The summed E-state index contributed by atoms with van der Waals surface area (Å²) in [5.74, 6) is 0.301. The van der Waals surface area contributed by atoms with Gasteiger partial charge in [0.15, 0.2) is 0 Å². The molecule has 1 aromatic carbocycles. The molecule has 0 aromatic heterocycles. The Hall–Kier alpha value is -1.82. The normalized spacial score (nSPS) is 17.3. The van der Waals surface area contributed by atoms with Gasteiger partial charge in [0.05, 0.1) is 18.4 Å². The molecule has 1 fully saturated rings. The predicted octanol–water partition coefficient (Wildman–Crippen LogP) is 3.50. The van der Waals surface area contributed by atoms with E-state index in [-0.39, 0.29) is 17.8 Å². The Morgan fingerprint density at radius 2 is 2.30 bits per heavy atom. The summed E-state index contributed by atoms with van der Waals surface area (Å²) in [6.07, 6.45) is 0.929. The van der Waals surface area contributed by atoms with Gasteiger partial charge in [-0.15, -0.1) is 0 Å². The smallest absolute Gasteiger partial charge is 0.321 e. The Bertz CT molecular complexity index is 531. The van der Waals surface area contributed by atoms with Gasteiger partial charge in [-0.1, -0.05) is 0 Å². The molecule has 0 spiro atoms. The molecule has 2 rings (SSSR count). The Labute approximate surface area is 136 Å². The molecular weight excluding hydrogens is 299 g/mol. The van der Waals surface area contributed by atoms with Crippen LogP contribution in [-0.4, -0.2) is 43.3 Å². The number of benzene rings is 1. The van der Waals surface area contributed by atoms with Crippen LogP contribution in [0.2, 0.25) is 0 Å². The number of carbonyl (C=O) groups is 1. The maximum absolute atomic E-state index is 14.1. The molecule has 1 heterocycles. The van der Waals surface area contributed by atoms with Crippen molar-refractivity contribution in [2.45, 2.75) is 33.3 Å². The zero-order valence-electron chi connectivity index (χ0n) is 14.0. The third-order valence-corrected chi connectivity index (χ3v) is 3.73. The van der Waals surface area contributed by atoms with Gasteiger partial charge in [0.2, 0.25) is 0 Å². The van der Waals surface area contributed by atoms with Gasteiger partial charge in [0.25, 0.3) is 0 Å². The summed E-state index contributed by atoms with van der Waals surface area (Å²) in [4.78, 5) is 14.0. The summed E-state index contributed by atoms with van der Waals surface area (Å²) in [5.41, 5.74) is 0.159.